The van der Waals surface area contributed by atoms with Crippen molar-refractivity contribution >= 4 is 21.8 Å². The van der Waals surface area contributed by atoms with Crippen LogP contribution in [0, 0.1) is 5.92 Å². The number of rotatable bonds is 7. The van der Waals surface area contributed by atoms with E-state index in [0.29, 0.717) is 12.3 Å². The minimum Gasteiger partial charge on any atom is -0.347 e. The van der Waals surface area contributed by atoms with Gasteiger partial charge in [0.05, 0.1) is 12.8 Å². The quantitative estimate of drug-likeness (QED) is 0.677. The molecule has 0 aromatic heterocycles. The van der Waals surface area contributed by atoms with Crippen LogP contribution in [0.2, 0.25) is 0 Å². The number of amides is 2. The smallest absolute Gasteiger partial charge is 0.252 e. The van der Waals surface area contributed by atoms with E-state index in [-0.39, 0.29) is 12.5 Å². The van der Waals surface area contributed by atoms with E-state index in [1.807, 2.05) is 0 Å². The lowest BCUT2D eigenvalue weighted by atomic mass is 10.1. The molecule has 2 N–H and O–H groups in total. The number of hydrogen-bond acceptors (Lipinski definition) is 4. The van der Waals surface area contributed by atoms with E-state index >= 15 is 0 Å². The van der Waals surface area contributed by atoms with Gasteiger partial charge in [0, 0.05) is 6.42 Å². The van der Waals surface area contributed by atoms with E-state index in [1.54, 1.807) is 4.72 Å². The highest BCUT2D eigenvalue weighted by Gasteiger charge is 2.09. The van der Waals surface area contributed by atoms with Crippen LogP contribution in [0.1, 0.15) is 33.1 Å². The number of nitrogens with one attached hydrogen (secondary N) is 2. The average molecular weight is 264 g/mol. The van der Waals surface area contributed by atoms with Crippen molar-refractivity contribution in [1.82, 2.24) is 10.0 Å². The molecule has 0 heterocycles. The fourth-order valence-electron chi connectivity index (χ4n) is 1.18. The molecule has 7 heteroatoms. The average Bonchev–Trinajstić information content (AvgIpc) is 2.11. The zero-order valence-electron chi connectivity index (χ0n) is 10.4. The van der Waals surface area contributed by atoms with Gasteiger partial charge >= 0.3 is 0 Å². The molecular weight excluding hydrogens is 244 g/mol. The van der Waals surface area contributed by atoms with Gasteiger partial charge in [-0.1, -0.05) is 20.3 Å². The first-order valence-corrected chi connectivity index (χ1v) is 7.37. The van der Waals surface area contributed by atoms with Crippen LogP contribution in [-0.2, 0) is 19.6 Å². The lowest BCUT2D eigenvalue weighted by Crippen LogP contribution is -2.39. The second kappa shape index (κ2) is 7.26. The van der Waals surface area contributed by atoms with Crippen LogP contribution in [0.25, 0.3) is 0 Å². The maximum absolute atomic E-state index is 11.3. The van der Waals surface area contributed by atoms with Crippen molar-refractivity contribution < 1.29 is 18.0 Å². The molecule has 0 bridgehead atoms. The highest BCUT2D eigenvalue weighted by Crippen LogP contribution is 2.05. The van der Waals surface area contributed by atoms with Crippen molar-refractivity contribution in [3.05, 3.63) is 0 Å². The van der Waals surface area contributed by atoms with Gasteiger partial charge in [-0.3, -0.25) is 14.3 Å². The molecule has 0 aliphatic heterocycles. The van der Waals surface area contributed by atoms with Crippen molar-refractivity contribution in [2.24, 2.45) is 5.92 Å². The van der Waals surface area contributed by atoms with E-state index in [0.717, 1.165) is 19.1 Å². The second-order valence-electron chi connectivity index (χ2n) is 4.36. The maximum Gasteiger partial charge on any atom is 0.252 e. The van der Waals surface area contributed by atoms with Crippen LogP contribution in [0.4, 0.5) is 0 Å². The molecule has 0 saturated heterocycles. The van der Waals surface area contributed by atoms with Gasteiger partial charge in [0.2, 0.25) is 15.9 Å². The molecule has 0 spiro atoms. The topological polar surface area (TPSA) is 92.3 Å². The summed E-state index contributed by atoms with van der Waals surface area (Å²) in [5, 5.41) is 2.36. The summed E-state index contributed by atoms with van der Waals surface area (Å²) in [5.74, 6) is -0.435. The van der Waals surface area contributed by atoms with Crippen molar-refractivity contribution in [1.29, 1.82) is 0 Å². The SMILES string of the molecule is CC(C)CCCC(=O)NCC(=O)NS(C)(=O)=O. The van der Waals surface area contributed by atoms with Crippen molar-refractivity contribution in [3.8, 4) is 0 Å². The summed E-state index contributed by atoms with van der Waals surface area (Å²) >= 11 is 0. The number of carbonyl (C=O) groups excluding carboxylic acids is 2. The van der Waals surface area contributed by atoms with Crippen molar-refractivity contribution in [2.75, 3.05) is 12.8 Å². The molecule has 0 unspecified atom stereocenters. The number of carbonyl (C=O) groups is 2. The lowest BCUT2D eigenvalue weighted by molar-refractivity contribution is -0.125. The van der Waals surface area contributed by atoms with E-state index in [1.165, 1.54) is 0 Å². The van der Waals surface area contributed by atoms with Crippen molar-refractivity contribution in [3.63, 3.8) is 0 Å². The van der Waals surface area contributed by atoms with Crippen LogP contribution >= 0.6 is 0 Å². The Morgan fingerprint density at radius 2 is 1.76 bits per heavy atom. The highest BCUT2D eigenvalue weighted by molar-refractivity contribution is 7.89. The Morgan fingerprint density at radius 1 is 1.18 bits per heavy atom. The summed E-state index contributed by atoms with van der Waals surface area (Å²) in [5.41, 5.74) is 0. The van der Waals surface area contributed by atoms with Gasteiger partial charge in [0.15, 0.2) is 0 Å². The predicted octanol–water partition coefficient (Wildman–Crippen LogP) is 0.00470. The maximum atomic E-state index is 11.3. The monoisotopic (exact) mass is 264 g/mol. The van der Waals surface area contributed by atoms with Gasteiger partial charge in [-0.15, -0.1) is 0 Å². The summed E-state index contributed by atoms with van der Waals surface area (Å²) in [6, 6.07) is 0. The molecule has 0 rings (SSSR count). The lowest BCUT2D eigenvalue weighted by Gasteiger charge is -2.06. The molecule has 0 aromatic rings. The molecule has 0 aromatic carbocycles. The molecule has 0 atom stereocenters. The van der Waals surface area contributed by atoms with E-state index in [2.05, 4.69) is 19.2 Å². The normalized spacial score (nSPS) is 11.3. The summed E-state index contributed by atoms with van der Waals surface area (Å²) in [4.78, 5) is 22.3. The standard InChI is InChI=1S/C10H20N2O4S/c1-8(2)5-4-6-9(13)11-7-10(14)12-17(3,15)16/h8H,4-7H2,1-3H3,(H,11,13)(H,12,14). The molecule has 0 fully saturated rings. The number of hydrogen-bond donors (Lipinski definition) is 2. The van der Waals surface area contributed by atoms with Crippen LogP contribution in [0.5, 0.6) is 0 Å². The van der Waals surface area contributed by atoms with Gasteiger partial charge in [0.1, 0.15) is 0 Å². The Morgan fingerprint density at radius 3 is 2.24 bits per heavy atom. The first kappa shape index (κ1) is 15.9. The highest BCUT2D eigenvalue weighted by atomic mass is 32.2. The Hall–Kier alpha value is -1.11. The Balaban J connectivity index is 3.74. The zero-order valence-corrected chi connectivity index (χ0v) is 11.3. The third-order valence-corrected chi connectivity index (χ3v) is 2.53. The van der Waals surface area contributed by atoms with Crippen LogP contribution in [-0.4, -0.2) is 33.0 Å². The molecule has 2 amide bonds. The molecule has 0 radical (unpaired) electrons. The fourth-order valence-corrected chi connectivity index (χ4v) is 1.67. The predicted molar refractivity (Wildman–Crippen MR) is 64.7 cm³/mol. The van der Waals surface area contributed by atoms with Crippen LogP contribution < -0.4 is 10.0 Å². The van der Waals surface area contributed by atoms with Gasteiger partial charge in [-0.2, -0.15) is 0 Å². The molecule has 100 valence electrons. The van der Waals surface area contributed by atoms with E-state index < -0.39 is 15.9 Å². The molecule has 0 aliphatic rings. The summed E-state index contributed by atoms with van der Waals surface area (Å²) < 4.78 is 23.1. The number of sulfonamides is 1. The fraction of sp³-hybridized carbons (Fsp3) is 0.800. The van der Waals surface area contributed by atoms with E-state index in [9.17, 15) is 18.0 Å². The van der Waals surface area contributed by atoms with Crippen LogP contribution in [0.15, 0.2) is 0 Å². The summed E-state index contributed by atoms with van der Waals surface area (Å²) in [7, 11) is -3.55. The van der Waals surface area contributed by atoms with Gasteiger partial charge in [-0.25, -0.2) is 8.42 Å². The minimum absolute atomic E-state index is 0.241. The summed E-state index contributed by atoms with van der Waals surface area (Å²) in [6.45, 7) is 3.82. The van der Waals surface area contributed by atoms with Crippen LogP contribution in [0.3, 0.4) is 0 Å². The molecule has 6 nitrogen and oxygen atoms in total. The zero-order chi connectivity index (χ0) is 13.5. The Labute approximate surface area is 102 Å². The molecule has 0 aliphatic carbocycles. The minimum atomic E-state index is -3.55. The third-order valence-electron chi connectivity index (χ3n) is 1.93. The third kappa shape index (κ3) is 11.2. The first-order valence-electron chi connectivity index (χ1n) is 5.48. The van der Waals surface area contributed by atoms with Gasteiger partial charge in [0.25, 0.3) is 5.91 Å². The largest absolute Gasteiger partial charge is 0.347 e. The first-order chi connectivity index (χ1) is 7.70. The molecular formula is C10H20N2O4S. The molecule has 0 saturated carbocycles. The Bertz CT molecular complexity index is 363. The van der Waals surface area contributed by atoms with Crippen molar-refractivity contribution in [2.45, 2.75) is 33.1 Å². The Kier molecular flexibility index (Phi) is 6.79. The van der Waals surface area contributed by atoms with Gasteiger partial charge < -0.3 is 5.32 Å². The van der Waals surface area contributed by atoms with E-state index in [4.69, 9.17) is 0 Å². The molecule has 17 heavy (non-hydrogen) atoms. The summed E-state index contributed by atoms with van der Waals surface area (Å²) in [6.07, 6.45) is 2.94. The van der Waals surface area contributed by atoms with Gasteiger partial charge in [-0.05, 0) is 12.3 Å². The second-order valence-corrected chi connectivity index (χ2v) is 6.11.